The summed E-state index contributed by atoms with van der Waals surface area (Å²) in [7, 11) is 3.22. The van der Waals surface area contributed by atoms with Crippen LogP contribution < -0.4 is 15.0 Å². The Bertz CT molecular complexity index is 864. The second-order valence-corrected chi connectivity index (χ2v) is 6.17. The van der Waals surface area contributed by atoms with Gasteiger partial charge in [0, 0.05) is 36.3 Å². The largest absolute Gasteiger partial charge is 0.497 e. The minimum atomic E-state index is -0.496. The average molecular weight is 359 g/mol. The van der Waals surface area contributed by atoms with Gasteiger partial charge in [0.15, 0.2) is 0 Å². The zero-order valence-corrected chi connectivity index (χ0v) is 14.8. The fraction of sp³-hybridized carbons (Fsp3) is 0.389. The maximum atomic E-state index is 12.1. The lowest BCUT2D eigenvalue weighted by Gasteiger charge is -2.26. The van der Waals surface area contributed by atoms with Gasteiger partial charge < -0.3 is 9.47 Å². The third-order valence-electron chi connectivity index (χ3n) is 4.68. The third-order valence-corrected chi connectivity index (χ3v) is 4.68. The quantitative estimate of drug-likeness (QED) is 0.582. The Hall–Kier alpha value is -2.87. The highest BCUT2D eigenvalue weighted by Gasteiger charge is 2.29. The SMILES string of the molecule is COc1ccc([C@@H]2CCCN2Cn2cc([N+](=O)[O-])ccc2=O)c(OC)c1. The number of pyridine rings is 1. The molecule has 0 bridgehead atoms. The summed E-state index contributed by atoms with van der Waals surface area (Å²) in [5.41, 5.74) is 0.662. The molecule has 2 aromatic rings. The van der Waals surface area contributed by atoms with E-state index in [1.54, 1.807) is 14.2 Å². The van der Waals surface area contributed by atoms with Crippen molar-refractivity contribution in [3.63, 3.8) is 0 Å². The summed E-state index contributed by atoms with van der Waals surface area (Å²) < 4.78 is 12.1. The smallest absolute Gasteiger partial charge is 0.285 e. The molecule has 1 saturated heterocycles. The fourth-order valence-electron chi connectivity index (χ4n) is 3.37. The van der Waals surface area contributed by atoms with Crippen molar-refractivity contribution in [2.24, 2.45) is 0 Å². The van der Waals surface area contributed by atoms with E-state index in [1.807, 2.05) is 18.2 Å². The van der Waals surface area contributed by atoms with E-state index in [-0.39, 0.29) is 17.3 Å². The molecule has 0 aliphatic carbocycles. The van der Waals surface area contributed by atoms with Crippen molar-refractivity contribution < 1.29 is 14.4 Å². The first-order valence-corrected chi connectivity index (χ1v) is 8.34. The van der Waals surface area contributed by atoms with Crippen molar-refractivity contribution in [1.29, 1.82) is 0 Å². The molecule has 1 aliphatic heterocycles. The topological polar surface area (TPSA) is 86.8 Å². The van der Waals surface area contributed by atoms with Crippen LogP contribution in [0.5, 0.6) is 11.5 Å². The molecule has 1 aromatic heterocycles. The zero-order chi connectivity index (χ0) is 18.7. The van der Waals surface area contributed by atoms with Crippen LogP contribution in [-0.2, 0) is 6.67 Å². The molecule has 0 N–H and O–H groups in total. The number of nitrogens with zero attached hydrogens (tertiary/aromatic N) is 3. The maximum absolute atomic E-state index is 12.1. The van der Waals surface area contributed by atoms with Gasteiger partial charge in [-0.1, -0.05) is 6.07 Å². The summed E-state index contributed by atoms with van der Waals surface area (Å²) >= 11 is 0. The highest BCUT2D eigenvalue weighted by atomic mass is 16.6. The highest BCUT2D eigenvalue weighted by Crippen LogP contribution is 2.38. The van der Waals surface area contributed by atoms with E-state index in [9.17, 15) is 14.9 Å². The molecular weight excluding hydrogens is 338 g/mol. The van der Waals surface area contributed by atoms with Gasteiger partial charge in [0.25, 0.3) is 11.2 Å². The summed E-state index contributed by atoms with van der Waals surface area (Å²) in [5.74, 6) is 1.44. The molecule has 0 unspecified atom stereocenters. The molecule has 3 rings (SSSR count). The Kier molecular flexibility index (Phi) is 5.22. The molecule has 2 heterocycles. The Labute approximate surface area is 150 Å². The Balaban J connectivity index is 1.89. The molecule has 26 heavy (non-hydrogen) atoms. The summed E-state index contributed by atoms with van der Waals surface area (Å²) in [4.78, 5) is 24.7. The molecule has 0 amide bonds. The van der Waals surface area contributed by atoms with Gasteiger partial charge in [-0.3, -0.25) is 24.4 Å². The van der Waals surface area contributed by atoms with Crippen LogP contribution in [0, 0.1) is 10.1 Å². The molecular formula is C18H21N3O5. The predicted octanol–water partition coefficient (Wildman–Crippen LogP) is 2.57. The van der Waals surface area contributed by atoms with E-state index < -0.39 is 4.92 Å². The third kappa shape index (κ3) is 3.55. The lowest BCUT2D eigenvalue weighted by Crippen LogP contribution is -2.31. The van der Waals surface area contributed by atoms with Gasteiger partial charge in [-0.2, -0.15) is 0 Å². The van der Waals surface area contributed by atoms with Gasteiger partial charge in [-0.05, 0) is 18.9 Å². The van der Waals surface area contributed by atoms with E-state index in [0.717, 1.165) is 30.7 Å². The van der Waals surface area contributed by atoms with Gasteiger partial charge in [0.1, 0.15) is 11.5 Å². The Morgan fingerprint density at radius 3 is 2.73 bits per heavy atom. The van der Waals surface area contributed by atoms with Crippen molar-refractivity contribution in [3.8, 4) is 11.5 Å². The van der Waals surface area contributed by atoms with Gasteiger partial charge in [-0.25, -0.2) is 0 Å². The van der Waals surface area contributed by atoms with Crippen molar-refractivity contribution in [2.45, 2.75) is 25.6 Å². The van der Waals surface area contributed by atoms with Crippen LogP contribution in [0.3, 0.4) is 0 Å². The first-order valence-electron chi connectivity index (χ1n) is 8.34. The molecule has 0 radical (unpaired) electrons. The Morgan fingerprint density at radius 1 is 1.23 bits per heavy atom. The first kappa shape index (κ1) is 17.9. The van der Waals surface area contributed by atoms with Crippen molar-refractivity contribution >= 4 is 5.69 Å². The highest BCUT2D eigenvalue weighted by molar-refractivity contribution is 5.42. The normalized spacial score (nSPS) is 17.2. The molecule has 8 heteroatoms. The molecule has 1 aromatic carbocycles. The maximum Gasteiger partial charge on any atom is 0.285 e. The van der Waals surface area contributed by atoms with E-state index in [0.29, 0.717) is 12.4 Å². The zero-order valence-electron chi connectivity index (χ0n) is 14.8. The molecule has 0 spiro atoms. The fourth-order valence-corrected chi connectivity index (χ4v) is 3.37. The number of nitro groups is 1. The van der Waals surface area contributed by atoms with E-state index in [2.05, 4.69) is 4.90 Å². The minimum absolute atomic E-state index is 0.0713. The lowest BCUT2D eigenvalue weighted by atomic mass is 10.0. The number of benzene rings is 1. The molecule has 1 atom stereocenters. The standard InChI is InChI=1S/C18H21N3O5/c1-25-14-6-7-15(17(10-14)26-2)16-4-3-9-19(16)12-20-11-13(21(23)24)5-8-18(20)22/h5-8,10-11,16H,3-4,9,12H2,1-2H3/t16-/m0/s1. The van der Waals surface area contributed by atoms with Crippen LogP contribution in [0.15, 0.2) is 41.3 Å². The average Bonchev–Trinajstić information content (AvgIpc) is 3.10. The lowest BCUT2D eigenvalue weighted by molar-refractivity contribution is -0.385. The van der Waals surface area contributed by atoms with Crippen molar-refractivity contribution in [2.75, 3.05) is 20.8 Å². The summed E-state index contributed by atoms with van der Waals surface area (Å²) in [6.45, 7) is 1.09. The first-order chi connectivity index (χ1) is 12.5. The monoisotopic (exact) mass is 359 g/mol. The minimum Gasteiger partial charge on any atom is -0.497 e. The summed E-state index contributed by atoms with van der Waals surface area (Å²) in [6, 6.07) is 8.22. The van der Waals surface area contributed by atoms with E-state index in [4.69, 9.17) is 9.47 Å². The van der Waals surface area contributed by atoms with E-state index in [1.165, 1.54) is 22.9 Å². The number of rotatable bonds is 6. The van der Waals surface area contributed by atoms with Gasteiger partial charge in [0.2, 0.25) is 0 Å². The second-order valence-electron chi connectivity index (χ2n) is 6.17. The van der Waals surface area contributed by atoms with Crippen molar-refractivity contribution in [3.05, 3.63) is 62.6 Å². The summed E-state index contributed by atoms with van der Waals surface area (Å²) in [6.07, 6.45) is 3.19. The molecule has 1 aliphatic rings. The van der Waals surface area contributed by atoms with Gasteiger partial charge in [-0.15, -0.1) is 0 Å². The van der Waals surface area contributed by atoms with Crippen LogP contribution in [0.25, 0.3) is 0 Å². The van der Waals surface area contributed by atoms with Crippen LogP contribution in [0.1, 0.15) is 24.4 Å². The number of aromatic nitrogens is 1. The Morgan fingerprint density at radius 2 is 2.04 bits per heavy atom. The summed E-state index contributed by atoms with van der Waals surface area (Å²) in [5, 5.41) is 11.0. The number of hydrogen-bond donors (Lipinski definition) is 0. The number of hydrogen-bond acceptors (Lipinski definition) is 6. The molecule has 0 saturated carbocycles. The molecule has 138 valence electrons. The van der Waals surface area contributed by atoms with Crippen LogP contribution in [0.2, 0.25) is 0 Å². The van der Waals surface area contributed by atoms with Crippen LogP contribution in [0.4, 0.5) is 5.69 Å². The van der Waals surface area contributed by atoms with Gasteiger partial charge in [0.05, 0.1) is 32.0 Å². The number of methoxy groups -OCH3 is 2. The molecule has 1 fully saturated rings. The van der Waals surface area contributed by atoms with Gasteiger partial charge >= 0.3 is 0 Å². The number of ether oxygens (including phenoxy) is 2. The molecule has 8 nitrogen and oxygen atoms in total. The number of likely N-dealkylation sites (tertiary alicyclic amines) is 1. The second kappa shape index (κ2) is 7.57. The van der Waals surface area contributed by atoms with Crippen LogP contribution in [-0.4, -0.2) is 35.2 Å². The predicted molar refractivity (Wildman–Crippen MR) is 95.6 cm³/mol. The van der Waals surface area contributed by atoms with Crippen molar-refractivity contribution in [1.82, 2.24) is 9.47 Å². The van der Waals surface area contributed by atoms with E-state index >= 15 is 0 Å². The van der Waals surface area contributed by atoms with Crippen LogP contribution >= 0.6 is 0 Å².